The molecule has 3 rings (SSSR count). The molecule has 116 valence electrons. The highest BCUT2D eigenvalue weighted by Crippen LogP contribution is 2.26. The molecule has 0 saturated carbocycles. The quantitative estimate of drug-likeness (QED) is 0.864. The standard InChI is InChI=1S/C12H11FN4O4S/c13-8-3-1-2-7(4-8)11-15-16-12(21-11)17-6-9(5-10(17)18)22(14,19)20/h1-4,9H,5-6H2,(H2,14,19,20). The van der Waals surface area contributed by atoms with Crippen LogP contribution in [0.4, 0.5) is 10.4 Å². The van der Waals surface area contributed by atoms with Crippen LogP contribution in [0.3, 0.4) is 0 Å². The van der Waals surface area contributed by atoms with E-state index >= 15 is 0 Å². The van der Waals surface area contributed by atoms with E-state index in [9.17, 15) is 17.6 Å². The topological polar surface area (TPSA) is 119 Å². The number of carbonyl (C=O) groups excluding carboxylic acids is 1. The second-order valence-electron chi connectivity index (χ2n) is 4.82. The molecular weight excluding hydrogens is 315 g/mol. The molecule has 0 aliphatic carbocycles. The SMILES string of the molecule is NS(=O)(=O)C1CC(=O)N(c2nnc(-c3cccc(F)c3)o2)C1. The predicted octanol–water partition coefficient (Wildman–Crippen LogP) is 0.270. The van der Waals surface area contributed by atoms with Gasteiger partial charge in [-0.2, -0.15) is 0 Å². The van der Waals surface area contributed by atoms with Gasteiger partial charge in [-0.3, -0.25) is 9.69 Å². The molecule has 1 amide bonds. The lowest BCUT2D eigenvalue weighted by atomic mass is 10.2. The molecule has 0 radical (unpaired) electrons. The van der Waals surface area contributed by atoms with Crippen LogP contribution in [-0.2, 0) is 14.8 Å². The third kappa shape index (κ3) is 2.70. The van der Waals surface area contributed by atoms with Gasteiger partial charge in [0.1, 0.15) is 11.1 Å². The van der Waals surface area contributed by atoms with Crippen molar-refractivity contribution in [2.45, 2.75) is 11.7 Å². The van der Waals surface area contributed by atoms with Crippen molar-refractivity contribution in [2.75, 3.05) is 11.4 Å². The first kappa shape index (κ1) is 14.6. The molecule has 1 aliphatic rings. The van der Waals surface area contributed by atoms with Crippen molar-refractivity contribution in [2.24, 2.45) is 5.14 Å². The lowest BCUT2D eigenvalue weighted by Gasteiger charge is -2.09. The van der Waals surface area contributed by atoms with E-state index in [0.29, 0.717) is 5.56 Å². The summed E-state index contributed by atoms with van der Waals surface area (Å²) in [5.41, 5.74) is 0.355. The fourth-order valence-corrected chi connectivity index (χ4v) is 2.87. The zero-order valence-corrected chi connectivity index (χ0v) is 12.0. The summed E-state index contributed by atoms with van der Waals surface area (Å²) in [5.74, 6) is -0.918. The highest BCUT2D eigenvalue weighted by atomic mass is 32.2. The van der Waals surface area contributed by atoms with Gasteiger partial charge in [-0.1, -0.05) is 11.2 Å². The largest absolute Gasteiger partial charge is 0.403 e. The Kier molecular flexibility index (Phi) is 3.41. The first-order valence-electron chi connectivity index (χ1n) is 6.26. The minimum absolute atomic E-state index is 0.0290. The number of hydrogen-bond acceptors (Lipinski definition) is 6. The molecule has 1 fully saturated rings. The van der Waals surface area contributed by atoms with E-state index in [0.717, 1.165) is 4.90 Å². The van der Waals surface area contributed by atoms with E-state index in [1.54, 1.807) is 6.07 Å². The first-order chi connectivity index (χ1) is 10.3. The summed E-state index contributed by atoms with van der Waals surface area (Å²) < 4.78 is 41.1. The van der Waals surface area contributed by atoms with Gasteiger partial charge in [0.25, 0.3) is 0 Å². The van der Waals surface area contributed by atoms with Crippen LogP contribution in [0, 0.1) is 5.82 Å². The first-order valence-corrected chi connectivity index (χ1v) is 7.87. The Morgan fingerprint density at radius 3 is 2.77 bits per heavy atom. The lowest BCUT2D eigenvalue weighted by Crippen LogP contribution is -2.32. The van der Waals surface area contributed by atoms with Crippen LogP contribution in [0.1, 0.15) is 6.42 Å². The number of hydrogen-bond donors (Lipinski definition) is 1. The number of primary sulfonamides is 1. The second kappa shape index (κ2) is 5.14. The molecule has 1 unspecified atom stereocenters. The summed E-state index contributed by atoms with van der Waals surface area (Å²) in [6.45, 7) is -0.150. The smallest absolute Gasteiger partial charge is 0.325 e. The Hall–Kier alpha value is -2.33. The van der Waals surface area contributed by atoms with Crippen molar-refractivity contribution < 1.29 is 22.0 Å². The van der Waals surface area contributed by atoms with Crippen LogP contribution in [0.2, 0.25) is 0 Å². The second-order valence-corrected chi connectivity index (χ2v) is 6.66. The third-order valence-electron chi connectivity index (χ3n) is 3.27. The van der Waals surface area contributed by atoms with E-state index in [2.05, 4.69) is 10.2 Å². The number of benzene rings is 1. The van der Waals surface area contributed by atoms with E-state index in [4.69, 9.17) is 9.56 Å². The van der Waals surface area contributed by atoms with Gasteiger partial charge in [0, 0.05) is 18.5 Å². The predicted molar refractivity (Wildman–Crippen MR) is 73.6 cm³/mol. The van der Waals surface area contributed by atoms with Gasteiger partial charge in [-0.15, -0.1) is 5.10 Å². The number of nitrogens with two attached hydrogens (primary N) is 1. The third-order valence-corrected chi connectivity index (χ3v) is 4.52. The number of nitrogens with zero attached hydrogens (tertiary/aromatic N) is 3. The van der Waals surface area contributed by atoms with Crippen molar-refractivity contribution in [3.8, 4) is 11.5 Å². The maximum Gasteiger partial charge on any atom is 0.325 e. The van der Waals surface area contributed by atoms with Gasteiger partial charge in [0.05, 0.1) is 0 Å². The van der Waals surface area contributed by atoms with Crippen molar-refractivity contribution >= 4 is 21.9 Å². The molecule has 1 aromatic carbocycles. The van der Waals surface area contributed by atoms with Crippen LogP contribution in [0.15, 0.2) is 28.7 Å². The number of amides is 1. The number of aromatic nitrogens is 2. The molecule has 1 atom stereocenters. The van der Waals surface area contributed by atoms with Gasteiger partial charge in [-0.05, 0) is 18.2 Å². The molecule has 1 aliphatic heterocycles. The minimum atomic E-state index is -3.83. The van der Waals surface area contributed by atoms with E-state index in [1.807, 2.05) is 0 Å². The lowest BCUT2D eigenvalue weighted by molar-refractivity contribution is -0.117. The average Bonchev–Trinajstić information content (AvgIpc) is 3.04. The Morgan fingerprint density at radius 2 is 2.14 bits per heavy atom. The maximum absolute atomic E-state index is 13.2. The summed E-state index contributed by atoms with van der Waals surface area (Å²) >= 11 is 0. The number of halogens is 1. The molecule has 2 heterocycles. The maximum atomic E-state index is 13.2. The Balaban J connectivity index is 1.87. The van der Waals surface area contributed by atoms with Crippen LogP contribution in [0.25, 0.3) is 11.5 Å². The summed E-state index contributed by atoms with van der Waals surface area (Å²) in [6, 6.07) is 5.37. The number of rotatable bonds is 3. The van der Waals surface area contributed by atoms with Crippen molar-refractivity contribution in [1.82, 2.24) is 10.2 Å². The van der Waals surface area contributed by atoms with Gasteiger partial charge >= 0.3 is 6.01 Å². The van der Waals surface area contributed by atoms with Gasteiger partial charge in [-0.25, -0.2) is 17.9 Å². The van der Waals surface area contributed by atoms with Crippen molar-refractivity contribution in [3.05, 3.63) is 30.1 Å². The molecular formula is C12H11FN4O4S. The highest BCUT2D eigenvalue weighted by Gasteiger charge is 2.39. The van der Waals surface area contributed by atoms with Crippen LogP contribution >= 0.6 is 0 Å². The van der Waals surface area contributed by atoms with Crippen LogP contribution in [0.5, 0.6) is 0 Å². The number of sulfonamides is 1. The zero-order valence-electron chi connectivity index (χ0n) is 11.1. The molecule has 2 aromatic rings. The molecule has 8 nitrogen and oxygen atoms in total. The average molecular weight is 326 g/mol. The zero-order chi connectivity index (χ0) is 15.9. The van der Waals surface area contributed by atoms with Gasteiger partial charge in [0.2, 0.25) is 21.8 Å². The summed E-state index contributed by atoms with van der Waals surface area (Å²) in [4.78, 5) is 12.9. The monoisotopic (exact) mass is 326 g/mol. The highest BCUT2D eigenvalue weighted by molar-refractivity contribution is 7.89. The van der Waals surface area contributed by atoms with Crippen molar-refractivity contribution in [1.29, 1.82) is 0 Å². The van der Waals surface area contributed by atoms with E-state index in [-0.39, 0.29) is 24.9 Å². The molecule has 0 spiro atoms. The fraction of sp³-hybridized carbons (Fsp3) is 0.250. The molecule has 22 heavy (non-hydrogen) atoms. The fourth-order valence-electron chi connectivity index (χ4n) is 2.14. The van der Waals surface area contributed by atoms with Gasteiger partial charge < -0.3 is 4.42 Å². The van der Waals surface area contributed by atoms with Crippen LogP contribution < -0.4 is 10.0 Å². The van der Waals surface area contributed by atoms with Crippen molar-refractivity contribution in [3.63, 3.8) is 0 Å². The summed E-state index contributed by atoms with van der Waals surface area (Å²) in [5, 5.41) is 11.5. The number of anilines is 1. The van der Waals surface area contributed by atoms with Gasteiger partial charge in [0.15, 0.2) is 0 Å². The summed E-state index contributed by atoms with van der Waals surface area (Å²) in [6.07, 6.45) is -0.240. The molecule has 1 saturated heterocycles. The van der Waals surface area contributed by atoms with E-state index in [1.165, 1.54) is 18.2 Å². The molecule has 10 heteroatoms. The molecule has 2 N–H and O–H groups in total. The Labute approximate surface area is 124 Å². The Bertz CT molecular complexity index is 835. The normalized spacial score (nSPS) is 18.9. The molecule has 0 bridgehead atoms. The summed E-state index contributed by atoms with van der Waals surface area (Å²) in [7, 11) is -3.83. The minimum Gasteiger partial charge on any atom is -0.403 e. The molecule has 1 aromatic heterocycles. The number of carbonyl (C=O) groups is 1. The van der Waals surface area contributed by atoms with Crippen LogP contribution in [-0.4, -0.2) is 36.3 Å². The van der Waals surface area contributed by atoms with E-state index < -0.39 is 27.0 Å². The Morgan fingerprint density at radius 1 is 1.36 bits per heavy atom.